The molecule has 1 heterocycles. The highest BCUT2D eigenvalue weighted by molar-refractivity contribution is 8.05. The minimum absolute atomic E-state index is 0.183. The van der Waals surface area contributed by atoms with Crippen molar-refractivity contribution in [3.05, 3.63) is 64.0 Å². The molecule has 3 atom stereocenters. The summed E-state index contributed by atoms with van der Waals surface area (Å²) in [4.78, 5) is 12.9. The fourth-order valence-corrected chi connectivity index (χ4v) is 5.11. The molecule has 0 bridgehead atoms. The van der Waals surface area contributed by atoms with Crippen LogP contribution in [-0.2, 0) is 9.73 Å². The van der Waals surface area contributed by atoms with Crippen molar-refractivity contribution in [3.8, 4) is 0 Å². The first-order valence-electron chi connectivity index (χ1n) is 8.24. The van der Waals surface area contributed by atoms with E-state index in [2.05, 4.69) is 12.2 Å². The van der Waals surface area contributed by atoms with Gasteiger partial charge in [0.25, 0.3) is 5.91 Å². The first-order chi connectivity index (χ1) is 12.6. The molecular formula is C19H20ClN3O2S2. The topological polar surface area (TPSA) is 96.0 Å². The van der Waals surface area contributed by atoms with E-state index in [1.165, 1.54) is 18.4 Å². The largest absolute Gasteiger partial charge is 0.397 e. The van der Waals surface area contributed by atoms with Gasteiger partial charge in [0.05, 0.1) is 25.5 Å². The van der Waals surface area contributed by atoms with Crippen LogP contribution in [0.15, 0.2) is 57.8 Å². The van der Waals surface area contributed by atoms with Gasteiger partial charge in [-0.15, -0.1) is 11.8 Å². The van der Waals surface area contributed by atoms with Crippen molar-refractivity contribution in [1.82, 2.24) is 0 Å². The molecule has 1 aliphatic rings. The zero-order chi connectivity index (χ0) is 19.8. The first kappa shape index (κ1) is 19.8. The number of anilines is 2. The summed E-state index contributed by atoms with van der Waals surface area (Å²) in [5.74, 6) is -0.0303. The van der Waals surface area contributed by atoms with Gasteiger partial charge < -0.3 is 11.1 Å². The second-order valence-corrected chi connectivity index (χ2v) is 10.5. The summed E-state index contributed by atoms with van der Waals surface area (Å²) in [6.07, 6.45) is 3.36. The number of benzene rings is 2. The number of nitrogens with two attached hydrogens (primary N) is 1. The Morgan fingerprint density at radius 2 is 1.93 bits per heavy atom. The number of amides is 1. The van der Waals surface area contributed by atoms with E-state index in [0.717, 1.165) is 9.93 Å². The summed E-state index contributed by atoms with van der Waals surface area (Å²) in [6.45, 7) is 2.10. The van der Waals surface area contributed by atoms with Crippen LogP contribution in [0.1, 0.15) is 28.1 Å². The number of hydrogen-bond donors (Lipinski definition) is 3. The van der Waals surface area contributed by atoms with E-state index >= 15 is 0 Å². The van der Waals surface area contributed by atoms with Gasteiger partial charge >= 0.3 is 0 Å². The Kier molecular flexibility index (Phi) is 5.55. The predicted octanol–water partition coefficient (Wildman–Crippen LogP) is 5.06. The number of carbonyl (C=O) groups excluding carboxylic acids is 1. The molecule has 0 fully saturated rings. The van der Waals surface area contributed by atoms with Gasteiger partial charge in [-0.1, -0.05) is 30.7 Å². The number of nitrogen functional groups attached to an aromatic ring is 1. The monoisotopic (exact) mass is 421 g/mol. The van der Waals surface area contributed by atoms with Crippen LogP contribution >= 0.6 is 23.4 Å². The van der Waals surface area contributed by atoms with Crippen molar-refractivity contribution >= 4 is 50.4 Å². The van der Waals surface area contributed by atoms with Gasteiger partial charge in [-0.3, -0.25) is 4.79 Å². The molecule has 2 aromatic rings. The molecule has 1 amide bonds. The number of halogens is 1. The maximum Gasteiger partial charge on any atom is 0.255 e. The van der Waals surface area contributed by atoms with Crippen LogP contribution in [0.2, 0.25) is 0 Å². The van der Waals surface area contributed by atoms with Crippen molar-refractivity contribution in [2.24, 2.45) is 5.92 Å². The van der Waals surface area contributed by atoms with E-state index in [0.29, 0.717) is 21.8 Å². The SMILES string of the molecule is CC1C=C(Cl)SC1c1ccc(N)c(NC(=O)c2ccc(S(C)(=N)=O)cc2)c1. The molecule has 1 aliphatic heterocycles. The lowest BCUT2D eigenvalue weighted by atomic mass is 10.00. The summed E-state index contributed by atoms with van der Waals surface area (Å²) < 4.78 is 20.1. The quantitative estimate of drug-likeness (QED) is 0.601. The second-order valence-electron chi connectivity index (χ2n) is 6.54. The molecule has 3 unspecified atom stereocenters. The zero-order valence-electron chi connectivity index (χ0n) is 14.9. The number of hydrogen-bond acceptors (Lipinski definition) is 5. The Hall–Kier alpha value is -1.96. The summed E-state index contributed by atoms with van der Waals surface area (Å²) >= 11 is 7.72. The third-order valence-corrected chi connectivity index (χ3v) is 7.21. The van der Waals surface area contributed by atoms with Crippen LogP contribution < -0.4 is 11.1 Å². The standard InChI is InChI=1S/C19H20ClN3O2S2/c1-11-9-17(20)26-18(11)13-5-8-15(21)16(10-13)23-19(24)12-3-6-14(7-4-12)27(2,22)25/h3-11,18,22H,21H2,1-2H3,(H,23,24). The highest BCUT2D eigenvalue weighted by atomic mass is 35.5. The van der Waals surface area contributed by atoms with E-state index in [-0.39, 0.29) is 17.1 Å². The van der Waals surface area contributed by atoms with Gasteiger partial charge in [0.2, 0.25) is 0 Å². The highest BCUT2D eigenvalue weighted by Crippen LogP contribution is 2.49. The van der Waals surface area contributed by atoms with Gasteiger partial charge in [-0.25, -0.2) is 8.99 Å². The number of carbonyl (C=O) groups is 1. The number of nitrogens with one attached hydrogen (secondary N) is 2. The van der Waals surface area contributed by atoms with E-state index in [1.807, 2.05) is 18.2 Å². The molecule has 8 heteroatoms. The highest BCUT2D eigenvalue weighted by Gasteiger charge is 2.26. The molecule has 27 heavy (non-hydrogen) atoms. The van der Waals surface area contributed by atoms with Gasteiger partial charge in [0, 0.05) is 22.0 Å². The van der Waals surface area contributed by atoms with E-state index in [9.17, 15) is 9.00 Å². The van der Waals surface area contributed by atoms with Crippen LogP contribution in [0.4, 0.5) is 11.4 Å². The molecule has 0 aliphatic carbocycles. The van der Waals surface area contributed by atoms with E-state index in [4.69, 9.17) is 22.1 Å². The molecular weight excluding hydrogens is 402 g/mol. The third-order valence-electron chi connectivity index (χ3n) is 4.33. The Bertz CT molecular complexity index is 1020. The number of rotatable bonds is 4. The van der Waals surface area contributed by atoms with Crippen molar-refractivity contribution in [3.63, 3.8) is 0 Å². The maximum absolute atomic E-state index is 12.6. The molecule has 5 nitrogen and oxygen atoms in total. The van der Waals surface area contributed by atoms with Gasteiger partial charge in [0.1, 0.15) is 0 Å². The van der Waals surface area contributed by atoms with Crippen molar-refractivity contribution < 1.29 is 9.00 Å². The first-order valence-corrected chi connectivity index (χ1v) is 11.5. The zero-order valence-corrected chi connectivity index (χ0v) is 17.3. The maximum atomic E-state index is 12.6. The molecule has 2 aromatic carbocycles. The van der Waals surface area contributed by atoms with Crippen LogP contribution in [0.25, 0.3) is 0 Å². The number of allylic oxidation sites excluding steroid dienone is 1. The lowest BCUT2D eigenvalue weighted by Crippen LogP contribution is -2.14. The third kappa shape index (κ3) is 4.48. The van der Waals surface area contributed by atoms with Crippen LogP contribution in [0.5, 0.6) is 0 Å². The van der Waals surface area contributed by atoms with Crippen molar-refractivity contribution in [2.45, 2.75) is 17.1 Å². The van der Waals surface area contributed by atoms with Crippen LogP contribution in [0.3, 0.4) is 0 Å². The Morgan fingerprint density at radius 3 is 2.48 bits per heavy atom. The van der Waals surface area contributed by atoms with Crippen LogP contribution in [0, 0.1) is 10.7 Å². The summed E-state index contributed by atoms with van der Waals surface area (Å²) in [5.41, 5.74) is 8.49. The summed E-state index contributed by atoms with van der Waals surface area (Å²) in [7, 11) is -2.81. The molecule has 142 valence electrons. The fourth-order valence-electron chi connectivity index (χ4n) is 2.85. The van der Waals surface area contributed by atoms with Crippen molar-refractivity contribution in [1.29, 1.82) is 4.78 Å². The summed E-state index contributed by atoms with van der Waals surface area (Å²) in [5, 5.41) is 3.02. The van der Waals surface area contributed by atoms with Crippen LogP contribution in [-0.4, -0.2) is 16.4 Å². The molecule has 3 rings (SSSR count). The molecule has 0 saturated heterocycles. The van der Waals surface area contributed by atoms with Gasteiger partial charge in [0.15, 0.2) is 0 Å². The van der Waals surface area contributed by atoms with Crippen molar-refractivity contribution in [2.75, 3.05) is 17.3 Å². The molecule has 4 N–H and O–H groups in total. The Labute approximate surface area is 168 Å². The van der Waals surface area contributed by atoms with E-state index in [1.54, 1.807) is 30.0 Å². The molecule has 0 aromatic heterocycles. The average molecular weight is 422 g/mol. The number of thioether (sulfide) groups is 1. The normalized spacial score (nSPS) is 21.4. The van der Waals surface area contributed by atoms with Gasteiger partial charge in [-0.05, 0) is 47.9 Å². The fraction of sp³-hybridized carbons (Fsp3) is 0.211. The minimum Gasteiger partial charge on any atom is -0.397 e. The lowest BCUT2D eigenvalue weighted by Gasteiger charge is -2.17. The predicted molar refractivity (Wildman–Crippen MR) is 114 cm³/mol. The average Bonchev–Trinajstić information content (AvgIpc) is 2.94. The minimum atomic E-state index is -2.81. The second kappa shape index (κ2) is 7.58. The smallest absolute Gasteiger partial charge is 0.255 e. The molecule has 0 saturated carbocycles. The Balaban J connectivity index is 1.81. The van der Waals surface area contributed by atoms with Gasteiger partial charge in [-0.2, -0.15) is 0 Å². The van der Waals surface area contributed by atoms with E-state index < -0.39 is 9.73 Å². The molecule has 0 spiro atoms. The molecule has 0 radical (unpaired) electrons. The Morgan fingerprint density at radius 1 is 1.26 bits per heavy atom. The summed E-state index contributed by atoms with van der Waals surface area (Å²) in [6, 6.07) is 11.8. The lowest BCUT2D eigenvalue weighted by molar-refractivity contribution is 0.102.